The molecule has 0 saturated carbocycles. The number of aromatic nitrogens is 1. The number of nitrogens with one attached hydrogen (secondary N) is 2. The maximum Gasteiger partial charge on any atom is 0.256 e. The average Bonchev–Trinajstić information content (AvgIpc) is 2.46. The van der Waals surface area contributed by atoms with Crippen molar-refractivity contribution in [2.45, 2.75) is 13.8 Å². The summed E-state index contributed by atoms with van der Waals surface area (Å²) in [4.78, 5) is 16.1. The highest BCUT2D eigenvalue weighted by atomic mass is 19.1. The highest BCUT2D eigenvalue weighted by Crippen LogP contribution is 2.22. The third-order valence-corrected chi connectivity index (χ3v) is 2.89. The van der Waals surface area contributed by atoms with E-state index >= 15 is 0 Å². The van der Waals surface area contributed by atoms with Crippen molar-refractivity contribution >= 4 is 17.4 Å². The van der Waals surface area contributed by atoms with Crippen LogP contribution in [0.2, 0.25) is 0 Å². The second-order valence-corrected chi connectivity index (χ2v) is 4.53. The standard InChI is InChI=1S/C14H14F2N4O/c1-7-3-4-10(15)13(12(7)16)19-14(21)9-5-8(2)18-11(6-9)20-17/h3-6H,17H2,1-2H3,(H,18,20)(H,19,21). The number of carbonyl (C=O) groups excluding carboxylic acids is 1. The van der Waals surface area contributed by atoms with Gasteiger partial charge in [0.15, 0.2) is 5.82 Å². The third kappa shape index (κ3) is 3.14. The Morgan fingerprint density at radius 2 is 1.95 bits per heavy atom. The summed E-state index contributed by atoms with van der Waals surface area (Å²) in [6.07, 6.45) is 0. The monoisotopic (exact) mass is 292 g/mol. The van der Waals surface area contributed by atoms with Gasteiger partial charge in [0.2, 0.25) is 0 Å². The van der Waals surface area contributed by atoms with Gasteiger partial charge in [-0.25, -0.2) is 19.6 Å². The summed E-state index contributed by atoms with van der Waals surface area (Å²) in [5.74, 6) is 3.24. The summed E-state index contributed by atoms with van der Waals surface area (Å²) in [5, 5.41) is 2.23. The molecular weight excluding hydrogens is 278 g/mol. The van der Waals surface area contributed by atoms with Gasteiger partial charge in [-0.1, -0.05) is 6.07 Å². The molecule has 1 aromatic carbocycles. The minimum atomic E-state index is -0.839. The zero-order valence-corrected chi connectivity index (χ0v) is 11.5. The minimum absolute atomic E-state index is 0.191. The molecule has 110 valence electrons. The number of benzene rings is 1. The molecule has 4 N–H and O–H groups in total. The molecule has 5 nitrogen and oxygen atoms in total. The van der Waals surface area contributed by atoms with E-state index in [1.165, 1.54) is 25.1 Å². The molecule has 0 aliphatic rings. The number of hydrogen-bond donors (Lipinski definition) is 3. The van der Waals surface area contributed by atoms with Crippen molar-refractivity contribution in [1.82, 2.24) is 4.98 Å². The average molecular weight is 292 g/mol. The Balaban J connectivity index is 2.35. The van der Waals surface area contributed by atoms with Crippen molar-refractivity contribution in [3.05, 3.63) is 52.7 Å². The Morgan fingerprint density at radius 3 is 2.62 bits per heavy atom. The smallest absolute Gasteiger partial charge is 0.256 e. The molecule has 2 aromatic rings. The number of nitrogens with two attached hydrogens (primary N) is 1. The molecule has 0 aliphatic carbocycles. The Hall–Kier alpha value is -2.54. The van der Waals surface area contributed by atoms with Crippen molar-refractivity contribution in [3.63, 3.8) is 0 Å². The zero-order valence-electron chi connectivity index (χ0n) is 11.5. The van der Waals surface area contributed by atoms with Gasteiger partial charge in [0, 0.05) is 11.3 Å². The van der Waals surface area contributed by atoms with Crippen LogP contribution in [-0.4, -0.2) is 10.9 Å². The Labute approximate surface area is 120 Å². The van der Waals surface area contributed by atoms with Crippen molar-refractivity contribution < 1.29 is 13.6 Å². The van der Waals surface area contributed by atoms with E-state index in [0.717, 1.165) is 6.07 Å². The highest BCUT2D eigenvalue weighted by Gasteiger charge is 2.16. The molecule has 0 fully saturated rings. The van der Waals surface area contributed by atoms with Crippen LogP contribution >= 0.6 is 0 Å². The number of carbonyl (C=O) groups is 1. The molecule has 0 saturated heterocycles. The number of amides is 1. The highest BCUT2D eigenvalue weighted by molar-refractivity contribution is 6.04. The lowest BCUT2D eigenvalue weighted by Crippen LogP contribution is -2.17. The molecule has 0 spiro atoms. The molecule has 2 rings (SSSR count). The minimum Gasteiger partial charge on any atom is -0.317 e. The molecule has 1 heterocycles. The second-order valence-electron chi connectivity index (χ2n) is 4.53. The lowest BCUT2D eigenvalue weighted by atomic mass is 10.1. The van der Waals surface area contributed by atoms with Gasteiger partial charge in [0.25, 0.3) is 5.91 Å². The van der Waals surface area contributed by atoms with Gasteiger partial charge < -0.3 is 10.7 Å². The van der Waals surface area contributed by atoms with Crippen LogP contribution in [0.3, 0.4) is 0 Å². The van der Waals surface area contributed by atoms with E-state index in [4.69, 9.17) is 5.84 Å². The van der Waals surface area contributed by atoms with Crippen molar-refractivity contribution in [3.8, 4) is 0 Å². The van der Waals surface area contributed by atoms with Crippen molar-refractivity contribution in [2.24, 2.45) is 5.84 Å². The van der Waals surface area contributed by atoms with E-state index in [2.05, 4.69) is 15.7 Å². The molecule has 0 radical (unpaired) electrons. The Kier molecular flexibility index (Phi) is 4.13. The summed E-state index contributed by atoms with van der Waals surface area (Å²) in [7, 11) is 0. The molecular formula is C14H14F2N4O. The van der Waals surface area contributed by atoms with Crippen LogP contribution in [0.15, 0.2) is 24.3 Å². The van der Waals surface area contributed by atoms with E-state index < -0.39 is 23.2 Å². The van der Waals surface area contributed by atoms with Gasteiger partial charge in [-0.05, 0) is 37.6 Å². The molecule has 0 bridgehead atoms. The number of hydrogen-bond acceptors (Lipinski definition) is 4. The molecule has 21 heavy (non-hydrogen) atoms. The van der Waals surface area contributed by atoms with E-state index in [0.29, 0.717) is 5.69 Å². The fourth-order valence-electron chi connectivity index (χ4n) is 1.83. The number of anilines is 2. The Bertz CT molecular complexity index is 704. The number of aryl methyl sites for hydroxylation is 2. The van der Waals surface area contributed by atoms with Crippen LogP contribution in [0.4, 0.5) is 20.3 Å². The van der Waals surface area contributed by atoms with Gasteiger partial charge in [-0.15, -0.1) is 0 Å². The van der Waals surface area contributed by atoms with Gasteiger partial charge in [-0.2, -0.15) is 0 Å². The quantitative estimate of drug-likeness (QED) is 0.600. The summed E-state index contributed by atoms with van der Waals surface area (Å²) in [6, 6.07) is 5.27. The summed E-state index contributed by atoms with van der Waals surface area (Å²) >= 11 is 0. The van der Waals surface area contributed by atoms with Crippen LogP contribution in [0.5, 0.6) is 0 Å². The lowest BCUT2D eigenvalue weighted by Gasteiger charge is -2.10. The molecule has 0 unspecified atom stereocenters. The van der Waals surface area contributed by atoms with Gasteiger partial charge in [0.1, 0.15) is 17.3 Å². The molecule has 1 amide bonds. The molecule has 0 atom stereocenters. The van der Waals surface area contributed by atoms with Crippen molar-refractivity contribution in [1.29, 1.82) is 0 Å². The lowest BCUT2D eigenvalue weighted by molar-refractivity contribution is 0.102. The van der Waals surface area contributed by atoms with Gasteiger partial charge >= 0.3 is 0 Å². The first kappa shape index (κ1) is 14.9. The first-order chi connectivity index (χ1) is 9.92. The van der Waals surface area contributed by atoms with E-state index in [1.807, 2.05) is 0 Å². The van der Waals surface area contributed by atoms with Crippen molar-refractivity contribution in [2.75, 3.05) is 10.7 Å². The summed E-state index contributed by atoms with van der Waals surface area (Å²) in [6.45, 7) is 3.16. The van der Waals surface area contributed by atoms with E-state index in [1.54, 1.807) is 6.92 Å². The van der Waals surface area contributed by atoms with Gasteiger partial charge in [-0.3, -0.25) is 4.79 Å². The van der Waals surface area contributed by atoms with E-state index in [-0.39, 0.29) is 16.9 Å². The molecule has 1 aromatic heterocycles. The first-order valence-electron chi connectivity index (χ1n) is 6.13. The van der Waals surface area contributed by atoms with Gasteiger partial charge in [0.05, 0.1) is 0 Å². The number of rotatable bonds is 3. The topological polar surface area (TPSA) is 80.0 Å². The van der Waals surface area contributed by atoms with Crippen LogP contribution in [-0.2, 0) is 0 Å². The second kappa shape index (κ2) is 5.84. The largest absolute Gasteiger partial charge is 0.317 e. The predicted octanol–water partition coefficient (Wildman–Crippen LogP) is 2.51. The fraction of sp³-hybridized carbons (Fsp3) is 0.143. The number of hydrazine groups is 1. The third-order valence-electron chi connectivity index (χ3n) is 2.89. The maximum absolute atomic E-state index is 13.9. The predicted molar refractivity (Wildman–Crippen MR) is 75.8 cm³/mol. The van der Waals surface area contributed by atoms with Crippen LogP contribution < -0.4 is 16.6 Å². The normalized spacial score (nSPS) is 10.3. The van der Waals surface area contributed by atoms with Crippen LogP contribution in [0, 0.1) is 25.5 Å². The molecule has 0 aliphatic heterocycles. The number of nitrogen functional groups attached to an aromatic ring is 1. The fourth-order valence-corrected chi connectivity index (χ4v) is 1.83. The first-order valence-corrected chi connectivity index (χ1v) is 6.13. The summed E-state index contributed by atoms with van der Waals surface area (Å²) < 4.78 is 27.5. The number of nitrogens with zero attached hydrogens (tertiary/aromatic N) is 1. The Morgan fingerprint density at radius 1 is 1.24 bits per heavy atom. The maximum atomic E-state index is 13.9. The molecule has 7 heteroatoms. The SMILES string of the molecule is Cc1cc(C(=O)Nc2c(F)ccc(C)c2F)cc(NN)n1. The zero-order chi connectivity index (χ0) is 15.6. The number of halogens is 2. The van der Waals surface area contributed by atoms with Crippen LogP contribution in [0.1, 0.15) is 21.6 Å². The van der Waals surface area contributed by atoms with Crippen LogP contribution in [0.25, 0.3) is 0 Å². The number of pyridine rings is 1. The summed E-state index contributed by atoms with van der Waals surface area (Å²) in [5.41, 5.74) is 2.82. The van der Waals surface area contributed by atoms with E-state index in [9.17, 15) is 13.6 Å².